The first-order valence-corrected chi connectivity index (χ1v) is 8.93. The first-order chi connectivity index (χ1) is 8.50. The first kappa shape index (κ1) is 13.9. The fourth-order valence-electron chi connectivity index (χ4n) is 2.11. The van der Waals surface area contributed by atoms with E-state index in [-0.39, 0.29) is 6.04 Å². The standard InChI is InChI=1S/C13H19NO2S2/c1-3-17-13-6-4-5-11(7-13)8-14(2)12-9-18(15,16)10-12/h4-7,12H,3,8-10H2,1-2H3. The van der Waals surface area contributed by atoms with E-state index in [1.165, 1.54) is 10.5 Å². The largest absolute Gasteiger partial charge is 0.297 e. The third kappa shape index (κ3) is 3.49. The van der Waals surface area contributed by atoms with Gasteiger partial charge in [0, 0.05) is 17.5 Å². The van der Waals surface area contributed by atoms with Gasteiger partial charge in [-0.25, -0.2) is 8.42 Å². The zero-order valence-electron chi connectivity index (χ0n) is 10.8. The topological polar surface area (TPSA) is 37.4 Å². The summed E-state index contributed by atoms with van der Waals surface area (Å²) in [7, 11) is -0.732. The highest BCUT2D eigenvalue weighted by Crippen LogP contribution is 2.21. The lowest BCUT2D eigenvalue weighted by Crippen LogP contribution is -2.51. The molecule has 2 rings (SSSR count). The third-order valence-electron chi connectivity index (χ3n) is 3.16. The van der Waals surface area contributed by atoms with Gasteiger partial charge in [0.2, 0.25) is 0 Å². The number of sulfone groups is 1. The Kier molecular flexibility index (Phi) is 4.35. The highest BCUT2D eigenvalue weighted by Gasteiger charge is 2.35. The summed E-state index contributed by atoms with van der Waals surface area (Å²) in [4.78, 5) is 3.42. The molecule has 0 saturated carbocycles. The van der Waals surface area contributed by atoms with Crippen LogP contribution >= 0.6 is 11.8 Å². The van der Waals surface area contributed by atoms with Crippen LogP contribution in [0, 0.1) is 0 Å². The smallest absolute Gasteiger partial charge is 0.153 e. The molecule has 0 unspecified atom stereocenters. The molecule has 1 aromatic rings. The van der Waals surface area contributed by atoms with Crippen molar-refractivity contribution in [2.75, 3.05) is 24.3 Å². The monoisotopic (exact) mass is 285 g/mol. The Morgan fingerprint density at radius 1 is 1.39 bits per heavy atom. The lowest BCUT2D eigenvalue weighted by molar-refractivity contribution is 0.254. The lowest BCUT2D eigenvalue weighted by Gasteiger charge is -2.34. The van der Waals surface area contributed by atoms with Crippen molar-refractivity contribution in [1.82, 2.24) is 4.90 Å². The summed E-state index contributed by atoms with van der Waals surface area (Å²) >= 11 is 1.83. The summed E-state index contributed by atoms with van der Waals surface area (Å²) < 4.78 is 22.3. The molecule has 0 aliphatic carbocycles. The number of hydrogen-bond donors (Lipinski definition) is 0. The maximum Gasteiger partial charge on any atom is 0.153 e. The van der Waals surface area contributed by atoms with Crippen LogP contribution < -0.4 is 0 Å². The van der Waals surface area contributed by atoms with Crippen LogP contribution in [0.3, 0.4) is 0 Å². The lowest BCUT2D eigenvalue weighted by atomic mass is 10.2. The van der Waals surface area contributed by atoms with Crippen LogP contribution in [0.4, 0.5) is 0 Å². The zero-order chi connectivity index (χ0) is 13.2. The predicted molar refractivity (Wildman–Crippen MR) is 76.7 cm³/mol. The summed E-state index contributed by atoms with van der Waals surface area (Å²) in [6.45, 7) is 2.96. The van der Waals surface area contributed by atoms with Crippen LogP contribution in [0.15, 0.2) is 29.2 Å². The van der Waals surface area contributed by atoms with E-state index in [0.717, 1.165) is 12.3 Å². The minimum absolute atomic E-state index is 0.192. The second kappa shape index (κ2) is 5.63. The Morgan fingerprint density at radius 3 is 2.72 bits per heavy atom. The second-order valence-electron chi connectivity index (χ2n) is 4.73. The molecule has 0 N–H and O–H groups in total. The molecule has 0 spiro atoms. The molecule has 0 atom stereocenters. The molecule has 5 heteroatoms. The molecule has 1 fully saturated rings. The summed E-state index contributed by atoms with van der Waals surface area (Å²) in [6.07, 6.45) is 0. The number of hydrogen-bond acceptors (Lipinski definition) is 4. The molecule has 0 bridgehead atoms. The minimum Gasteiger partial charge on any atom is -0.297 e. The van der Waals surface area contributed by atoms with Crippen LogP contribution in [0.1, 0.15) is 12.5 Å². The zero-order valence-corrected chi connectivity index (χ0v) is 12.4. The van der Waals surface area contributed by atoms with Gasteiger partial charge in [0.15, 0.2) is 9.84 Å². The number of benzene rings is 1. The van der Waals surface area contributed by atoms with Gasteiger partial charge in [0.05, 0.1) is 11.5 Å². The molecule has 18 heavy (non-hydrogen) atoms. The van der Waals surface area contributed by atoms with Crippen LogP contribution in [0.5, 0.6) is 0 Å². The Labute approximate surface area is 113 Å². The molecule has 0 aromatic heterocycles. The van der Waals surface area contributed by atoms with E-state index >= 15 is 0 Å². The highest BCUT2D eigenvalue weighted by molar-refractivity contribution is 7.99. The van der Waals surface area contributed by atoms with E-state index in [4.69, 9.17) is 0 Å². The fraction of sp³-hybridized carbons (Fsp3) is 0.538. The maximum absolute atomic E-state index is 11.2. The Bertz CT molecular complexity index is 501. The van der Waals surface area contributed by atoms with Crippen molar-refractivity contribution in [3.05, 3.63) is 29.8 Å². The van der Waals surface area contributed by atoms with Crippen LogP contribution in [-0.2, 0) is 16.4 Å². The van der Waals surface area contributed by atoms with Gasteiger partial charge in [0.1, 0.15) is 0 Å². The summed E-state index contributed by atoms with van der Waals surface area (Å²) in [5.41, 5.74) is 1.25. The number of rotatable bonds is 5. The van der Waals surface area contributed by atoms with Crippen molar-refractivity contribution < 1.29 is 8.42 Å². The minimum atomic E-state index is -2.73. The van der Waals surface area contributed by atoms with Gasteiger partial charge in [-0.3, -0.25) is 4.90 Å². The van der Waals surface area contributed by atoms with Gasteiger partial charge in [-0.15, -0.1) is 11.8 Å². The van der Waals surface area contributed by atoms with Crippen molar-refractivity contribution in [1.29, 1.82) is 0 Å². The predicted octanol–water partition coefficient (Wildman–Crippen LogP) is 2.03. The van der Waals surface area contributed by atoms with Crippen LogP contribution in [0.25, 0.3) is 0 Å². The molecule has 1 saturated heterocycles. The van der Waals surface area contributed by atoms with Crippen molar-refractivity contribution in [3.8, 4) is 0 Å². The van der Waals surface area contributed by atoms with E-state index in [1.807, 2.05) is 18.8 Å². The third-order valence-corrected chi connectivity index (χ3v) is 5.82. The van der Waals surface area contributed by atoms with Gasteiger partial charge in [0.25, 0.3) is 0 Å². The van der Waals surface area contributed by atoms with E-state index in [2.05, 4.69) is 36.1 Å². The van der Waals surface area contributed by atoms with Gasteiger partial charge in [-0.05, 0) is 30.5 Å². The molecular formula is C13H19NO2S2. The van der Waals surface area contributed by atoms with Crippen molar-refractivity contribution in [2.45, 2.75) is 24.4 Å². The molecule has 1 aliphatic rings. The maximum atomic E-state index is 11.2. The summed E-state index contributed by atoms with van der Waals surface area (Å²) in [5, 5.41) is 0. The Balaban J connectivity index is 1.95. The highest BCUT2D eigenvalue weighted by atomic mass is 32.2. The van der Waals surface area contributed by atoms with E-state index in [0.29, 0.717) is 11.5 Å². The van der Waals surface area contributed by atoms with Gasteiger partial charge in [-0.1, -0.05) is 19.1 Å². The second-order valence-corrected chi connectivity index (χ2v) is 8.22. The van der Waals surface area contributed by atoms with Gasteiger partial charge >= 0.3 is 0 Å². The molecule has 3 nitrogen and oxygen atoms in total. The van der Waals surface area contributed by atoms with Crippen molar-refractivity contribution in [2.24, 2.45) is 0 Å². The quantitative estimate of drug-likeness (QED) is 0.776. The molecule has 100 valence electrons. The Morgan fingerprint density at radius 2 is 2.11 bits per heavy atom. The first-order valence-electron chi connectivity index (χ1n) is 6.12. The SMILES string of the molecule is CCSc1cccc(CN(C)C2CS(=O)(=O)C2)c1. The van der Waals surface area contributed by atoms with Crippen molar-refractivity contribution in [3.63, 3.8) is 0 Å². The average Bonchev–Trinajstić information content (AvgIpc) is 2.26. The summed E-state index contributed by atoms with van der Waals surface area (Å²) in [6, 6.07) is 8.67. The summed E-state index contributed by atoms with van der Waals surface area (Å²) in [5.74, 6) is 1.69. The van der Waals surface area contributed by atoms with Crippen molar-refractivity contribution >= 4 is 21.6 Å². The van der Waals surface area contributed by atoms with E-state index in [1.54, 1.807) is 0 Å². The Hall–Kier alpha value is -0.520. The van der Waals surface area contributed by atoms with E-state index < -0.39 is 9.84 Å². The average molecular weight is 285 g/mol. The molecule has 1 heterocycles. The number of thioether (sulfide) groups is 1. The van der Waals surface area contributed by atoms with Gasteiger partial charge in [-0.2, -0.15) is 0 Å². The molecule has 0 amide bonds. The van der Waals surface area contributed by atoms with E-state index in [9.17, 15) is 8.42 Å². The van der Waals surface area contributed by atoms with Crippen LogP contribution in [0.2, 0.25) is 0 Å². The normalized spacial score (nSPS) is 18.8. The molecule has 1 aliphatic heterocycles. The fourth-order valence-corrected chi connectivity index (χ4v) is 4.44. The number of nitrogens with zero attached hydrogens (tertiary/aromatic N) is 1. The molecular weight excluding hydrogens is 266 g/mol. The molecule has 1 aromatic carbocycles. The molecule has 0 radical (unpaired) electrons. The van der Waals surface area contributed by atoms with Gasteiger partial charge < -0.3 is 0 Å². The van der Waals surface area contributed by atoms with Crippen LogP contribution in [-0.4, -0.2) is 43.7 Å².